The minimum Gasteiger partial charge on any atom is -0.493 e. The molecule has 0 heterocycles. The van der Waals surface area contributed by atoms with Crippen molar-refractivity contribution in [2.24, 2.45) is 0 Å². The van der Waals surface area contributed by atoms with E-state index in [0.717, 1.165) is 35.6 Å². The quantitative estimate of drug-likeness (QED) is 0.721. The van der Waals surface area contributed by atoms with Crippen LogP contribution in [0, 0.1) is 5.82 Å². The van der Waals surface area contributed by atoms with E-state index in [-0.39, 0.29) is 5.82 Å². The van der Waals surface area contributed by atoms with E-state index in [1.807, 2.05) is 18.2 Å². The first-order valence-corrected chi connectivity index (χ1v) is 7.52. The Kier molecular flexibility index (Phi) is 6.07. The van der Waals surface area contributed by atoms with E-state index in [0.29, 0.717) is 13.2 Å². The monoisotopic (exact) mass is 303 g/mol. The highest BCUT2D eigenvalue weighted by atomic mass is 19.1. The number of benzene rings is 2. The SMILES string of the molecule is CCCCOc1cc(CNc2ccc(F)cc2)ccc1OC. The second-order valence-corrected chi connectivity index (χ2v) is 5.05. The Labute approximate surface area is 131 Å². The lowest BCUT2D eigenvalue weighted by Crippen LogP contribution is -2.02. The number of hydrogen-bond donors (Lipinski definition) is 1. The molecular formula is C18H22FNO2. The molecule has 0 fully saturated rings. The maximum atomic E-state index is 12.9. The van der Waals surface area contributed by atoms with Gasteiger partial charge in [-0.15, -0.1) is 0 Å². The number of hydrogen-bond acceptors (Lipinski definition) is 3. The topological polar surface area (TPSA) is 30.5 Å². The first-order valence-electron chi connectivity index (χ1n) is 7.52. The van der Waals surface area contributed by atoms with Crippen LogP contribution in [-0.4, -0.2) is 13.7 Å². The van der Waals surface area contributed by atoms with Gasteiger partial charge in [-0.2, -0.15) is 0 Å². The minimum absolute atomic E-state index is 0.235. The second-order valence-electron chi connectivity index (χ2n) is 5.05. The molecule has 0 radical (unpaired) electrons. The molecule has 2 aromatic carbocycles. The van der Waals surface area contributed by atoms with Crippen LogP contribution in [0.4, 0.5) is 10.1 Å². The van der Waals surface area contributed by atoms with Crippen LogP contribution in [0.5, 0.6) is 11.5 Å². The van der Waals surface area contributed by atoms with Crippen molar-refractivity contribution in [2.45, 2.75) is 26.3 Å². The number of anilines is 1. The van der Waals surface area contributed by atoms with E-state index in [4.69, 9.17) is 9.47 Å². The van der Waals surface area contributed by atoms with Crippen LogP contribution in [0.2, 0.25) is 0 Å². The van der Waals surface area contributed by atoms with Crippen LogP contribution in [0.1, 0.15) is 25.3 Å². The average molecular weight is 303 g/mol. The van der Waals surface area contributed by atoms with Crippen molar-refractivity contribution >= 4 is 5.69 Å². The first kappa shape index (κ1) is 16.1. The molecule has 2 aromatic rings. The van der Waals surface area contributed by atoms with Gasteiger partial charge >= 0.3 is 0 Å². The van der Waals surface area contributed by atoms with Gasteiger partial charge in [0.1, 0.15) is 5.82 Å². The number of ether oxygens (including phenoxy) is 2. The van der Waals surface area contributed by atoms with Gasteiger partial charge in [0.05, 0.1) is 13.7 Å². The van der Waals surface area contributed by atoms with E-state index in [9.17, 15) is 4.39 Å². The van der Waals surface area contributed by atoms with Gasteiger partial charge in [-0.1, -0.05) is 19.4 Å². The lowest BCUT2D eigenvalue weighted by atomic mass is 10.2. The molecule has 4 heteroatoms. The molecule has 0 spiro atoms. The summed E-state index contributed by atoms with van der Waals surface area (Å²) in [6.45, 7) is 3.45. The normalized spacial score (nSPS) is 10.3. The lowest BCUT2D eigenvalue weighted by molar-refractivity contribution is 0.288. The number of rotatable bonds is 8. The van der Waals surface area contributed by atoms with Gasteiger partial charge in [0, 0.05) is 12.2 Å². The van der Waals surface area contributed by atoms with Gasteiger partial charge in [-0.3, -0.25) is 0 Å². The molecule has 0 aliphatic carbocycles. The Balaban J connectivity index is 2.01. The fourth-order valence-electron chi connectivity index (χ4n) is 2.04. The number of unbranched alkanes of at least 4 members (excludes halogenated alkanes) is 1. The van der Waals surface area contributed by atoms with Gasteiger partial charge in [0.2, 0.25) is 0 Å². The molecule has 0 saturated heterocycles. The van der Waals surface area contributed by atoms with Crippen LogP contribution in [0.25, 0.3) is 0 Å². The van der Waals surface area contributed by atoms with E-state index >= 15 is 0 Å². The molecule has 22 heavy (non-hydrogen) atoms. The Morgan fingerprint density at radius 3 is 2.50 bits per heavy atom. The second kappa shape index (κ2) is 8.27. The van der Waals surface area contributed by atoms with Gasteiger partial charge < -0.3 is 14.8 Å². The highest BCUT2D eigenvalue weighted by Crippen LogP contribution is 2.28. The number of methoxy groups -OCH3 is 1. The predicted octanol–water partition coefficient (Wildman–Crippen LogP) is 4.63. The van der Waals surface area contributed by atoms with Gasteiger partial charge in [0.25, 0.3) is 0 Å². The molecule has 0 amide bonds. The molecule has 118 valence electrons. The van der Waals surface area contributed by atoms with Gasteiger partial charge in [-0.05, 0) is 48.4 Å². The van der Waals surface area contributed by atoms with Crippen LogP contribution >= 0.6 is 0 Å². The molecule has 0 aromatic heterocycles. The van der Waals surface area contributed by atoms with Crippen LogP contribution < -0.4 is 14.8 Å². The number of nitrogens with one attached hydrogen (secondary N) is 1. The molecule has 0 unspecified atom stereocenters. The third-order valence-electron chi connectivity index (χ3n) is 3.32. The van der Waals surface area contributed by atoms with Crippen LogP contribution in [0.15, 0.2) is 42.5 Å². The summed E-state index contributed by atoms with van der Waals surface area (Å²) in [4.78, 5) is 0. The van der Waals surface area contributed by atoms with Crippen LogP contribution in [0.3, 0.4) is 0 Å². The third-order valence-corrected chi connectivity index (χ3v) is 3.32. The molecular weight excluding hydrogens is 281 g/mol. The maximum absolute atomic E-state index is 12.9. The van der Waals surface area contributed by atoms with E-state index < -0.39 is 0 Å². The van der Waals surface area contributed by atoms with Crippen LogP contribution in [-0.2, 0) is 6.54 Å². The Hall–Kier alpha value is -2.23. The zero-order valence-corrected chi connectivity index (χ0v) is 13.1. The van der Waals surface area contributed by atoms with Crippen molar-refractivity contribution < 1.29 is 13.9 Å². The first-order chi connectivity index (χ1) is 10.7. The van der Waals surface area contributed by atoms with Gasteiger partial charge in [-0.25, -0.2) is 4.39 Å². The summed E-state index contributed by atoms with van der Waals surface area (Å²) in [6.07, 6.45) is 2.11. The minimum atomic E-state index is -0.235. The van der Waals surface area contributed by atoms with E-state index in [1.54, 1.807) is 19.2 Å². The smallest absolute Gasteiger partial charge is 0.161 e. The molecule has 0 bridgehead atoms. The largest absolute Gasteiger partial charge is 0.493 e. The standard InChI is InChI=1S/C18H22FNO2/c1-3-4-11-22-18-12-14(5-10-17(18)21-2)13-20-16-8-6-15(19)7-9-16/h5-10,12,20H,3-4,11,13H2,1-2H3. The van der Waals surface area contributed by atoms with E-state index in [1.165, 1.54) is 12.1 Å². The van der Waals surface area contributed by atoms with Crippen molar-refractivity contribution in [3.63, 3.8) is 0 Å². The average Bonchev–Trinajstić information content (AvgIpc) is 2.55. The number of halogens is 1. The molecule has 0 aliphatic rings. The van der Waals surface area contributed by atoms with Crippen molar-refractivity contribution in [3.8, 4) is 11.5 Å². The maximum Gasteiger partial charge on any atom is 0.161 e. The van der Waals surface area contributed by atoms with Crippen molar-refractivity contribution in [2.75, 3.05) is 19.0 Å². The van der Waals surface area contributed by atoms with Crippen molar-refractivity contribution in [3.05, 3.63) is 53.8 Å². The fourth-order valence-corrected chi connectivity index (χ4v) is 2.04. The highest BCUT2D eigenvalue weighted by molar-refractivity contribution is 5.46. The molecule has 2 rings (SSSR count). The molecule has 0 saturated carbocycles. The summed E-state index contributed by atoms with van der Waals surface area (Å²) < 4.78 is 24.0. The summed E-state index contributed by atoms with van der Waals surface area (Å²) in [5, 5.41) is 3.26. The Morgan fingerprint density at radius 2 is 1.82 bits per heavy atom. The Bertz CT molecular complexity index is 584. The molecule has 0 aliphatic heterocycles. The highest BCUT2D eigenvalue weighted by Gasteiger charge is 2.06. The van der Waals surface area contributed by atoms with Gasteiger partial charge in [0.15, 0.2) is 11.5 Å². The third kappa shape index (κ3) is 4.65. The Morgan fingerprint density at radius 1 is 1.05 bits per heavy atom. The molecule has 0 atom stereocenters. The van der Waals surface area contributed by atoms with Crippen molar-refractivity contribution in [1.29, 1.82) is 0 Å². The zero-order valence-electron chi connectivity index (χ0n) is 13.1. The zero-order chi connectivity index (χ0) is 15.8. The summed E-state index contributed by atoms with van der Waals surface area (Å²) in [6, 6.07) is 12.2. The van der Waals surface area contributed by atoms with Crippen molar-refractivity contribution in [1.82, 2.24) is 0 Å². The lowest BCUT2D eigenvalue weighted by Gasteiger charge is -2.13. The summed E-state index contributed by atoms with van der Waals surface area (Å²) in [5.41, 5.74) is 1.96. The molecule has 3 nitrogen and oxygen atoms in total. The summed E-state index contributed by atoms with van der Waals surface area (Å²) >= 11 is 0. The fraction of sp³-hybridized carbons (Fsp3) is 0.333. The molecule has 1 N–H and O–H groups in total. The predicted molar refractivity (Wildman–Crippen MR) is 87.1 cm³/mol. The summed E-state index contributed by atoms with van der Waals surface area (Å²) in [5.74, 6) is 1.26. The summed E-state index contributed by atoms with van der Waals surface area (Å²) in [7, 11) is 1.64. The van der Waals surface area contributed by atoms with E-state index in [2.05, 4.69) is 12.2 Å².